The Kier molecular flexibility index (Phi) is 5.53. The van der Waals surface area contributed by atoms with Crippen LogP contribution in [0.1, 0.15) is 11.7 Å². The SMILES string of the molecule is CN(CC1Nc2cc(N)ccc2OC1c1ccccc1)C(=O)NC(=O)C(F)(F)F. The molecule has 0 spiro atoms. The van der Waals surface area contributed by atoms with Crippen molar-refractivity contribution < 1.29 is 27.5 Å². The molecule has 2 atom stereocenters. The lowest BCUT2D eigenvalue weighted by atomic mass is 9.99. The van der Waals surface area contributed by atoms with E-state index in [1.165, 1.54) is 12.4 Å². The fourth-order valence-corrected chi connectivity index (χ4v) is 2.98. The zero-order chi connectivity index (χ0) is 21.2. The standard InChI is InChI=1S/C19H19F3N4O3/c1-26(18(28)25-17(27)19(20,21)22)10-14-16(11-5-3-2-4-6-11)29-15-8-7-12(23)9-13(15)24-14/h2-9,14,16,24H,10,23H2,1H3,(H,25,27,28). The first kappa shape index (κ1) is 20.3. The Bertz CT molecular complexity index is 905. The van der Waals surface area contributed by atoms with E-state index in [-0.39, 0.29) is 6.54 Å². The van der Waals surface area contributed by atoms with E-state index in [2.05, 4.69) is 5.32 Å². The van der Waals surface area contributed by atoms with Crippen molar-refractivity contribution in [2.24, 2.45) is 0 Å². The molecule has 1 heterocycles. The predicted molar refractivity (Wildman–Crippen MR) is 100 cm³/mol. The topological polar surface area (TPSA) is 96.7 Å². The summed E-state index contributed by atoms with van der Waals surface area (Å²) < 4.78 is 43.3. The Morgan fingerprint density at radius 1 is 1.21 bits per heavy atom. The van der Waals surface area contributed by atoms with Gasteiger partial charge in [-0.3, -0.25) is 10.1 Å². The van der Waals surface area contributed by atoms with Gasteiger partial charge >= 0.3 is 18.1 Å². The lowest BCUT2D eigenvalue weighted by molar-refractivity contribution is -0.172. The summed E-state index contributed by atoms with van der Waals surface area (Å²) in [6.07, 6.45) is -5.67. The van der Waals surface area contributed by atoms with Gasteiger partial charge in [-0.25, -0.2) is 4.79 Å². The number of alkyl halides is 3. The van der Waals surface area contributed by atoms with Crippen LogP contribution in [0.3, 0.4) is 0 Å². The average Bonchev–Trinajstić information content (AvgIpc) is 2.67. The number of urea groups is 1. The highest BCUT2D eigenvalue weighted by atomic mass is 19.4. The number of amides is 3. The van der Waals surface area contributed by atoms with Crippen LogP contribution in [0.15, 0.2) is 48.5 Å². The van der Waals surface area contributed by atoms with E-state index >= 15 is 0 Å². The monoisotopic (exact) mass is 408 g/mol. The van der Waals surface area contributed by atoms with E-state index < -0.39 is 30.3 Å². The number of likely N-dealkylation sites (N-methyl/N-ethyl adjacent to an activating group) is 1. The molecule has 0 radical (unpaired) electrons. The normalized spacial score (nSPS) is 18.1. The number of rotatable bonds is 3. The third kappa shape index (κ3) is 4.71. The average molecular weight is 408 g/mol. The van der Waals surface area contributed by atoms with Gasteiger partial charge < -0.3 is 20.7 Å². The summed E-state index contributed by atoms with van der Waals surface area (Å²) in [6.45, 7) is -0.0369. The van der Waals surface area contributed by atoms with Crippen molar-refractivity contribution in [1.29, 1.82) is 0 Å². The molecule has 4 N–H and O–H groups in total. The quantitative estimate of drug-likeness (QED) is 0.679. The highest BCUT2D eigenvalue weighted by molar-refractivity contribution is 5.97. The summed E-state index contributed by atoms with van der Waals surface area (Å²) in [5.74, 6) is -1.76. The van der Waals surface area contributed by atoms with Gasteiger partial charge in [-0.05, 0) is 23.8 Å². The zero-order valence-electron chi connectivity index (χ0n) is 15.4. The number of anilines is 2. The molecule has 3 rings (SSSR count). The van der Waals surface area contributed by atoms with Gasteiger partial charge in [-0.1, -0.05) is 30.3 Å². The number of ether oxygens (including phenoxy) is 1. The van der Waals surface area contributed by atoms with Crippen molar-refractivity contribution in [2.45, 2.75) is 18.3 Å². The lowest BCUT2D eigenvalue weighted by Crippen LogP contribution is -2.50. The molecule has 2 unspecified atom stereocenters. The summed E-state index contributed by atoms with van der Waals surface area (Å²) in [6, 6.07) is 12.6. The van der Waals surface area contributed by atoms with Crippen molar-refractivity contribution in [3.8, 4) is 5.75 Å². The van der Waals surface area contributed by atoms with Crippen LogP contribution >= 0.6 is 0 Å². The van der Waals surface area contributed by atoms with Gasteiger partial charge in [0, 0.05) is 19.3 Å². The molecule has 154 valence electrons. The van der Waals surface area contributed by atoms with Crippen LogP contribution in [-0.4, -0.2) is 42.6 Å². The summed E-state index contributed by atoms with van der Waals surface area (Å²) in [5, 5.41) is 4.55. The summed E-state index contributed by atoms with van der Waals surface area (Å²) >= 11 is 0. The van der Waals surface area contributed by atoms with Gasteiger partial charge in [0.05, 0.1) is 11.7 Å². The van der Waals surface area contributed by atoms with Gasteiger partial charge in [-0.15, -0.1) is 0 Å². The van der Waals surface area contributed by atoms with Gasteiger partial charge in [-0.2, -0.15) is 13.2 Å². The molecule has 0 aliphatic carbocycles. The van der Waals surface area contributed by atoms with E-state index in [0.29, 0.717) is 17.1 Å². The van der Waals surface area contributed by atoms with E-state index in [4.69, 9.17) is 10.5 Å². The van der Waals surface area contributed by atoms with E-state index in [0.717, 1.165) is 10.5 Å². The first-order chi connectivity index (χ1) is 13.6. The van der Waals surface area contributed by atoms with Gasteiger partial charge in [0.25, 0.3) is 0 Å². The highest BCUT2D eigenvalue weighted by Crippen LogP contribution is 2.38. The number of nitrogens with zero attached hydrogens (tertiary/aromatic N) is 1. The Balaban J connectivity index is 1.80. The number of benzene rings is 2. The number of halogens is 3. The number of carbonyl (C=O) groups is 2. The Morgan fingerprint density at radius 3 is 2.55 bits per heavy atom. The van der Waals surface area contributed by atoms with E-state index in [1.54, 1.807) is 18.2 Å². The van der Waals surface area contributed by atoms with Crippen molar-refractivity contribution in [3.63, 3.8) is 0 Å². The molecule has 29 heavy (non-hydrogen) atoms. The number of nitrogens with two attached hydrogens (primary N) is 1. The van der Waals surface area contributed by atoms with Gasteiger partial charge in [0.2, 0.25) is 0 Å². The number of imide groups is 1. The molecule has 2 aromatic carbocycles. The molecule has 0 aromatic heterocycles. The smallest absolute Gasteiger partial charge is 0.471 e. The van der Waals surface area contributed by atoms with Crippen LogP contribution in [0, 0.1) is 0 Å². The van der Waals surface area contributed by atoms with Crippen molar-refractivity contribution in [2.75, 3.05) is 24.6 Å². The largest absolute Gasteiger partial charge is 0.481 e. The maximum Gasteiger partial charge on any atom is 0.471 e. The highest BCUT2D eigenvalue weighted by Gasteiger charge is 2.40. The first-order valence-electron chi connectivity index (χ1n) is 8.66. The fraction of sp³-hybridized carbons (Fsp3) is 0.263. The maximum absolute atomic E-state index is 12.4. The minimum Gasteiger partial charge on any atom is -0.481 e. The molecule has 0 fully saturated rings. The van der Waals surface area contributed by atoms with Crippen molar-refractivity contribution >= 4 is 23.3 Å². The summed E-state index contributed by atoms with van der Waals surface area (Å²) in [4.78, 5) is 24.0. The molecule has 1 aliphatic heterocycles. The zero-order valence-corrected chi connectivity index (χ0v) is 15.4. The molecular weight excluding hydrogens is 389 g/mol. The maximum atomic E-state index is 12.4. The lowest BCUT2D eigenvalue weighted by Gasteiger charge is -2.37. The Hall–Kier alpha value is -3.43. The number of fused-ring (bicyclic) bond motifs is 1. The summed E-state index contributed by atoms with van der Waals surface area (Å²) in [7, 11) is 1.29. The first-order valence-corrected chi connectivity index (χ1v) is 8.66. The molecule has 1 aliphatic rings. The van der Waals surface area contributed by atoms with Crippen LogP contribution in [0.25, 0.3) is 0 Å². The van der Waals surface area contributed by atoms with E-state index in [9.17, 15) is 22.8 Å². The predicted octanol–water partition coefficient (Wildman–Crippen LogP) is 2.91. The van der Waals surface area contributed by atoms with Crippen LogP contribution in [0.2, 0.25) is 0 Å². The van der Waals surface area contributed by atoms with E-state index in [1.807, 2.05) is 30.3 Å². The minimum atomic E-state index is -5.15. The molecule has 7 nitrogen and oxygen atoms in total. The van der Waals surface area contributed by atoms with Crippen LogP contribution in [0.5, 0.6) is 5.75 Å². The van der Waals surface area contributed by atoms with Crippen LogP contribution in [0.4, 0.5) is 29.3 Å². The molecular formula is C19H19F3N4O3. The number of nitrogen functional groups attached to an aromatic ring is 1. The molecule has 0 saturated carbocycles. The number of hydrogen-bond donors (Lipinski definition) is 3. The third-order valence-corrected chi connectivity index (χ3v) is 4.39. The second-order valence-electron chi connectivity index (χ2n) is 6.59. The molecule has 10 heteroatoms. The minimum absolute atomic E-state index is 0.0369. The van der Waals surface area contributed by atoms with Crippen molar-refractivity contribution in [1.82, 2.24) is 10.2 Å². The molecule has 0 saturated heterocycles. The number of carbonyl (C=O) groups excluding carboxylic acids is 2. The summed E-state index contributed by atoms with van der Waals surface area (Å²) in [5.41, 5.74) is 7.71. The van der Waals surface area contributed by atoms with Crippen LogP contribution in [-0.2, 0) is 4.79 Å². The fourth-order valence-electron chi connectivity index (χ4n) is 2.98. The second-order valence-corrected chi connectivity index (χ2v) is 6.59. The third-order valence-electron chi connectivity index (χ3n) is 4.39. The molecule has 3 amide bonds. The molecule has 2 aromatic rings. The van der Waals surface area contributed by atoms with Gasteiger partial charge in [0.1, 0.15) is 11.9 Å². The van der Waals surface area contributed by atoms with Gasteiger partial charge in [0.15, 0.2) is 0 Å². The van der Waals surface area contributed by atoms with Crippen molar-refractivity contribution in [3.05, 3.63) is 54.1 Å². The number of nitrogens with one attached hydrogen (secondary N) is 2. The van der Waals surface area contributed by atoms with Crippen LogP contribution < -0.4 is 21.1 Å². The Morgan fingerprint density at radius 2 is 1.90 bits per heavy atom. The second kappa shape index (κ2) is 7.90. The molecule has 0 bridgehead atoms. The number of hydrogen-bond acceptors (Lipinski definition) is 5. The Labute approximate surface area is 164 Å².